The fourth-order valence-electron chi connectivity index (χ4n) is 4.68. The first kappa shape index (κ1) is 37.9. The lowest BCUT2D eigenvalue weighted by atomic mass is 9.82. The summed E-state index contributed by atoms with van der Waals surface area (Å²) in [6.45, 7) is 2.14. The Bertz CT molecular complexity index is 1150. The molecule has 0 bridgehead atoms. The van der Waals surface area contributed by atoms with E-state index in [9.17, 15) is 54.5 Å². The summed E-state index contributed by atoms with van der Waals surface area (Å²) in [6.07, 6.45) is 10.7. The van der Waals surface area contributed by atoms with E-state index in [0.717, 1.165) is 63.2 Å². The second-order valence-electron chi connectivity index (χ2n) is 10.9. The van der Waals surface area contributed by atoms with Gasteiger partial charge in [-0.2, -0.15) is 0 Å². The maximum atomic E-state index is 13.2. The molecule has 13 heteroatoms. The molecule has 0 spiro atoms. The molecule has 0 fully saturated rings. The average Bonchev–Trinajstić information content (AvgIpc) is 2.95. The highest BCUT2D eigenvalue weighted by atomic mass is 16.6. The first-order chi connectivity index (χ1) is 20.8. The molecule has 13 nitrogen and oxygen atoms in total. The van der Waals surface area contributed by atoms with Crippen molar-refractivity contribution in [1.82, 2.24) is 5.32 Å². The lowest BCUT2D eigenvalue weighted by molar-refractivity contribution is -0.384. The van der Waals surface area contributed by atoms with Crippen molar-refractivity contribution in [1.29, 1.82) is 0 Å². The van der Waals surface area contributed by atoms with Crippen LogP contribution in [0.4, 0.5) is 5.69 Å². The Morgan fingerprint density at radius 1 is 0.909 bits per heavy atom. The van der Waals surface area contributed by atoms with Gasteiger partial charge in [-0.25, -0.2) is 9.59 Å². The van der Waals surface area contributed by atoms with Crippen molar-refractivity contribution in [3.8, 4) is 0 Å². The molecule has 1 amide bonds. The van der Waals surface area contributed by atoms with Gasteiger partial charge in [-0.1, -0.05) is 69.7 Å². The zero-order chi connectivity index (χ0) is 33.1. The van der Waals surface area contributed by atoms with Crippen molar-refractivity contribution in [2.75, 3.05) is 0 Å². The van der Waals surface area contributed by atoms with Gasteiger partial charge in [0.2, 0.25) is 5.91 Å². The lowest BCUT2D eigenvalue weighted by Gasteiger charge is -2.29. The fourth-order valence-corrected chi connectivity index (χ4v) is 4.68. The summed E-state index contributed by atoms with van der Waals surface area (Å²) in [5, 5.41) is 52.4. The van der Waals surface area contributed by atoms with E-state index >= 15 is 0 Å². The van der Waals surface area contributed by atoms with Gasteiger partial charge in [-0.3, -0.25) is 24.5 Å². The summed E-state index contributed by atoms with van der Waals surface area (Å²) in [6, 6.07) is 3.32. The maximum Gasteiger partial charge on any atom is 0.337 e. The van der Waals surface area contributed by atoms with E-state index in [4.69, 9.17) is 0 Å². The van der Waals surface area contributed by atoms with Crippen LogP contribution < -0.4 is 5.32 Å². The standard InChI is InChI=1S/C31H44N2O11/c1-2-3-4-7-10-13-24(34)14-11-8-5-6-9-12-15-25(31(42,30(40)41)21-27(35)36)28(37)32-26(29(38)39)20-22-16-18-23(19-17-22)33(43)44/h12,15-19,25-26,42H,2-11,13-14,20-21H2,1H3,(H,32,37)(H,35,36)(H,38,39)(H,40,41)/b15-12+/t25-,26+,31+/m1/s1. The van der Waals surface area contributed by atoms with Gasteiger partial charge in [0.1, 0.15) is 11.8 Å². The number of carbonyl (C=O) groups is 5. The minimum atomic E-state index is -3.07. The van der Waals surface area contributed by atoms with E-state index < -0.39 is 52.7 Å². The number of aliphatic hydroxyl groups is 1. The number of nitrogens with one attached hydrogen (secondary N) is 1. The van der Waals surface area contributed by atoms with Crippen LogP contribution in [-0.4, -0.2) is 66.6 Å². The summed E-state index contributed by atoms with van der Waals surface area (Å²) in [5.41, 5.74) is -2.97. The molecular weight excluding hydrogens is 576 g/mol. The van der Waals surface area contributed by atoms with Crippen LogP contribution in [0.2, 0.25) is 0 Å². The molecule has 0 heterocycles. The van der Waals surface area contributed by atoms with Crippen LogP contribution >= 0.6 is 0 Å². The molecule has 0 aliphatic carbocycles. The predicted octanol–water partition coefficient (Wildman–Crippen LogP) is 4.44. The van der Waals surface area contributed by atoms with Crippen LogP contribution in [0.25, 0.3) is 0 Å². The van der Waals surface area contributed by atoms with E-state index in [1.807, 2.05) is 0 Å². The van der Waals surface area contributed by atoms with Crippen molar-refractivity contribution < 1.29 is 49.3 Å². The number of nitrogens with zero attached hydrogens (tertiary/aromatic N) is 1. The Labute approximate surface area is 256 Å². The number of carboxylic acids is 3. The summed E-state index contributed by atoms with van der Waals surface area (Å²) in [7, 11) is 0. The molecule has 0 unspecified atom stereocenters. The van der Waals surface area contributed by atoms with Gasteiger partial charge >= 0.3 is 17.9 Å². The number of Topliss-reactive ketones (excluding diaryl/α,β-unsaturated/α-hetero) is 1. The van der Waals surface area contributed by atoms with Gasteiger partial charge in [-0.15, -0.1) is 0 Å². The first-order valence-corrected chi connectivity index (χ1v) is 14.9. The van der Waals surface area contributed by atoms with E-state index in [1.165, 1.54) is 24.6 Å². The van der Waals surface area contributed by atoms with Crippen molar-refractivity contribution in [2.45, 2.75) is 108 Å². The van der Waals surface area contributed by atoms with Crippen LogP contribution in [0, 0.1) is 16.0 Å². The van der Waals surface area contributed by atoms with Gasteiger partial charge in [0.05, 0.1) is 17.3 Å². The number of benzene rings is 1. The number of carbonyl (C=O) groups excluding carboxylic acids is 2. The number of hydrogen-bond acceptors (Lipinski definition) is 8. The summed E-state index contributed by atoms with van der Waals surface area (Å²) in [4.78, 5) is 70.6. The number of rotatable bonds is 24. The Balaban J connectivity index is 2.83. The second-order valence-corrected chi connectivity index (χ2v) is 10.9. The molecule has 0 aliphatic rings. The number of ketones is 1. The third kappa shape index (κ3) is 13.9. The average molecular weight is 621 g/mol. The largest absolute Gasteiger partial charge is 0.481 e. The van der Waals surface area contributed by atoms with Gasteiger partial charge in [0.25, 0.3) is 5.69 Å². The number of aliphatic carboxylic acids is 3. The van der Waals surface area contributed by atoms with Crippen molar-refractivity contribution >= 4 is 35.3 Å². The number of allylic oxidation sites excluding steroid dienone is 1. The normalized spacial score (nSPS) is 14.0. The van der Waals surface area contributed by atoms with E-state index in [1.54, 1.807) is 0 Å². The Morgan fingerprint density at radius 3 is 1.98 bits per heavy atom. The zero-order valence-electron chi connectivity index (χ0n) is 25.1. The molecule has 0 saturated heterocycles. The second kappa shape index (κ2) is 19.9. The smallest absolute Gasteiger partial charge is 0.337 e. The molecule has 0 aliphatic heterocycles. The minimum absolute atomic E-state index is 0.225. The maximum absolute atomic E-state index is 13.2. The fraction of sp³-hybridized carbons (Fsp3) is 0.581. The lowest BCUT2D eigenvalue weighted by Crippen LogP contribution is -2.55. The number of hydrogen-bond donors (Lipinski definition) is 5. The highest BCUT2D eigenvalue weighted by Crippen LogP contribution is 2.26. The molecule has 0 aromatic heterocycles. The molecular formula is C31H44N2O11. The molecule has 1 aromatic carbocycles. The number of unbranched alkanes of at least 4 members (excludes halogenated alkanes) is 8. The Hall–Kier alpha value is -4.13. The topological polar surface area (TPSA) is 221 Å². The van der Waals surface area contributed by atoms with Gasteiger partial charge < -0.3 is 25.7 Å². The van der Waals surface area contributed by atoms with Crippen LogP contribution in [0.3, 0.4) is 0 Å². The van der Waals surface area contributed by atoms with E-state index in [-0.39, 0.29) is 17.9 Å². The summed E-state index contributed by atoms with van der Waals surface area (Å²) >= 11 is 0. The van der Waals surface area contributed by atoms with Crippen LogP contribution in [0.15, 0.2) is 36.4 Å². The van der Waals surface area contributed by atoms with Gasteiger partial charge in [0, 0.05) is 31.4 Å². The monoisotopic (exact) mass is 620 g/mol. The molecule has 5 N–H and O–H groups in total. The van der Waals surface area contributed by atoms with Crippen LogP contribution in [0.1, 0.15) is 96.0 Å². The zero-order valence-corrected chi connectivity index (χ0v) is 25.1. The molecule has 1 aromatic rings. The number of amides is 1. The molecule has 0 radical (unpaired) electrons. The quantitative estimate of drug-likeness (QED) is 0.0470. The Morgan fingerprint density at radius 2 is 1.48 bits per heavy atom. The van der Waals surface area contributed by atoms with Crippen molar-refractivity contribution in [2.24, 2.45) is 5.92 Å². The number of nitro groups is 1. The first-order valence-electron chi connectivity index (χ1n) is 14.9. The molecule has 0 saturated carbocycles. The highest BCUT2D eigenvalue weighted by Gasteiger charge is 2.49. The highest BCUT2D eigenvalue weighted by molar-refractivity contribution is 5.94. The van der Waals surface area contributed by atoms with Gasteiger partial charge in [-0.05, 0) is 31.2 Å². The van der Waals surface area contributed by atoms with Crippen molar-refractivity contribution in [3.05, 3.63) is 52.1 Å². The molecule has 1 rings (SSSR count). The van der Waals surface area contributed by atoms with Crippen LogP contribution in [-0.2, 0) is 30.4 Å². The summed E-state index contributed by atoms with van der Waals surface area (Å²) in [5.74, 6) is -8.06. The molecule has 244 valence electrons. The summed E-state index contributed by atoms with van der Waals surface area (Å²) < 4.78 is 0. The number of carboxylic acid groups (broad SMARTS) is 3. The van der Waals surface area contributed by atoms with Crippen molar-refractivity contribution in [3.63, 3.8) is 0 Å². The van der Waals surface area contributed by atoms with Crippen LogP contribution in [0.5, 0.6) is 0 Å². The third-order valence-electron chi connectivity index (χ3n) is 7.25. The molecule has 44 heavy (non-hydrogen) atoms. The SMILES string of the molecule is CCCCCCCC(=O)CCCCCC/C=C/[C@H](C(=O)N[C@@H](Cc1ccc([N+](=O)[O-])cc1)C(=O)O)[C@@](O)(CC(=O)O)C(=O)O. The van der Waals surface area contributed by atoms with E-state index in [0.29, 0.717) is 31.2 Å². The number of nitro benzene ring substituents is 1. The molecule has 3 atom stereocenters. The third-order valence-corrected chi connectivity index (χ3v) is 7.25. The Kier molecular flexibility index (Phi) is 17.2. The minimum Gasteiger partial charge on any atom is -0.481 e. The predicted molar refractivity (Wildman–Crippen MR) is 160 cm³/mol. The number of non-ortho nitro benzene ring substituents is 1. The van der Waals surface area contributed by atoms with E-state index in [2.05, 4.69) is 12.2 Å². The van der Waals surface area contributed by atoms with Gasteiger partial charge in [0.15, 0.2) is 5.60 Å².